The van der Waals surface area contributed by atoms with Gasteiger partial charge in [-0.3, -0.25) is 11.3 Å². The molecule has 0 heterocycles. The SMILES string of the molecule is Cc1cc(C)cc(C(Cc2ccc(C)c(C)c2)NN)c1. The first kappa shape index (κ1) is 14.8. The number of benzene rings is 2. The van der Waals surface area contributed by atoms with E-state index in [-0.39, 0.29) is 6.04 Å². The van der Waals surface area contributed by atoms with Gasteiger partial charge in [-0.25, -0.2) is 0 Å². The van der Waals surface area contributed by atoms with Crippen LogP contribution in [0.2, 0.25) is 0 Å². The van der Waals surface area contributed by atoms with Crippen molar-refractivity contribution in [3.05, 3.63) is 69.8 Å². The maximum atomic E-state index is 5.77. The van der Waals surface area contributed by atoms with Gasteiger partial charge in [0.05, 0.1) is 0 Å². The summed E-state index contributed by atoms with van der Waals surface area (Å²) in [5.74, 6) is 5.77. The van der Waals surface area contributed by atoms with Crippen LogP contribution >= 0.6 is 0 Å². The van der Waals surface area contributed by atoms with Crippen LogP contribution in [0.3, 0.4) is 0 Å². The Labute approximate surface area is 122 Å². The lowest BCUT2D eigenvalue weighted by molar-refractivity contribution is 0.551. The first-order chi connectivity index (χ1) is 9.49. The van der Waals surface area contributed by atoms with Crippen LogP contribution < -0.4 is 11.3 Å². The number of hydrogen-bond donors (Lipinski definition) is 2. The molecule has 1 unspecified atom stereocenters. The van der Waals surface area contributed by atoms with Crippen LogP contribution in [-0.4, -0.2) is 0 Å². The quantitative estimate of drug-likeness (QED) is 0.656. The van der Waals surface area contributed by atoms with Crippen molar-refractivity contribution in [3.8, 4) is 0 Å². The zero-order valence-corrected chi connectivity index (χ0v) is 12.8. The van der Waals surface area contributed by atoms with Crippen molar-refractivity contribution in [3.63, 3.8) is 0 Å². The summed E-state index contributed by atoms with van der Waals surface area (Å²) in [5.41, 5.74) is 10.7. The number of aryl methyl sites for hydroxylation is 4. The Morgan fingerprint density at radius 3 is 2.10 bits per heavy atom. The molecule has 0 amide bonds. The largest absolute Gasteiger partial charge is 0.271 e. The molecule has 0 bridgehead atoms. The molecule has 3 N–H and O–H groups in total. The van der Waals surface area contributed by atoms with Crippen molar-refractivity contribution in [2.45, 2.75) is 40.2 Å². The molecule has 0 radical (unpaired) electrons. The maximum Gasteiger partial charge on any atom is 0.0500 e. The fourth-order valence-electron chi connectivity index (χ4n) is 2.65. The molecule has 0 spiro atoms. The third kappa shape index (κ3) is 3.47. The van der Waals surface area contributed by atoms with E-state index in [1.54, 1.807) is 0 Å². The molecule has 1 atom stereocenters. The monoisotopic (exact) mass is 268 g/mol. The maximum absolute atomic E-state index is 5.77. The van der Waals surface area contributed by atoms with Crippen LogP contribution in [0.15, 0.2) is 36.4 Å². The van der Waals surface area contributed by atoms with Crippen molar-refractivity contribution in [2.75, 3.05) is 0 Å². The Kier molecular flexibility index (Phi) is 4.58. The van der Waals surface area contributed by atoms with Crippen LogP contribution in [0.4, 0.5) is 0 Å². The average molecular weight is 268 g/mol. The molecule has 2 aromatic carbocycles. The molecule has 2 nitrogen and oxygen atoms in total. The summed E-state index contributed by atoms with van der Waals surface area (Å²) in [5, 5.41) is 0. The van der Waals surface area contributed by atoms with E-state index in [9.17, 15) is 0 Å². The van der Waals surface area contributed by atoms with E-state index in [0.29, 0.717) is 0 Å². The lowest BCUT2D eigenvalue weighted by Crippen LogP contribution is -2.29. The molecule has 0 aliphatic carbocycles. The standard InChI is InChI=1S/C18H24N2/c1-12-7-13(2)9-17(8-12)18(20-19)11-16-6-5-14(3)15(4)10-16/h5-10,18,20H,11,19H2,1-4H3. The number of nitrogens with two attached hydrogens (primary N) is 1. The second-order valence-electron chi connectivity index (χ2n) is 5.76. The van der Waals surface area contributed by atoms with Crippen molar-refractivity contribution < 1.29 is 0 Å². The predicted octanol–water partition coefficient (Wildman–Crippen LogP) is 3.67. The van der Waals surface area contributed by atoms with Gasteiger partial charge in [0, 0.05) is 6.04 Å². The van der Waals surface area contributed by atoms with Gasteiger partial charge in [-0.05, 0) is 56.4 Å². The summed E-state index contributed by atoms with van der Waals surface area (Å²) in [6.07, 6.45) is 0.903. The Morgan fingerprint density at radius 1 is 0.900 bits per heavy atom. The third-order valence-electron chi connectivity index (χ3n) is 3.86. The summed E-state index contributed by atoms with van der Waals surface area (Å²) >= 11 is 0. The molecule has 0 fully saturated rings. The van der Waals surface area contributed by atoms with Gasteiger partial charge < -0.3 is 0 Å². The van der Waals surface area contributed by atoms with Gasteiger partial charge in [-0.1, -0.05) is 47.5 Å². The summed E-state index contributed by atoms with van der Waals surface area (Å²) in [7, 11) is 0. The molecular formula is C18H24N2. The molecule has 0 saturated carbocycles. The highest BCUT2D eigenvalue weighted by atomic mass is 15.2. The van der Waals surface area contributed by atoms with Gasteiger partial charge in [0.2, 0.25) is 0 Å². The fourth-order valence-corrected chi connectivity index (χ4v) is 2.65. The molecule has 0 aromatic heterocycles. The average Bonchev–Trinajstić information content (AvgIpc) is 2.38. The van der Waals surface area contributed by atoms with E-state index in [1.807, 2.05) is 0 Å². The van der Waals surface area contributed by atoms with Crippen molar-refractivity contribution in [1.29, 1.82) is 0 Å². The van der Waals surface area contributed by atoms with Gasteiger partial charge in [0.25, 0.3) is 0 Å². The van der Waals surface area contributed by atoms with Crippen molar-refractivity contribution >= 4 is 0 Å². The topological polar surface area (TPSA) is 38.0 Å². The van der Waals surface area contributed by atoms with Gasteiger partial charge in [-0.2, -0.15) is 0 Å². The summed E-state index contributed by atoms with van der Waals surface area (Å²) in [6, 6.07) is 13.4. The lowest BCUT2D eigenvalue weighted by Gasteiger charge is -2.18. The Hall–Kier alpha value is -1.64. The molecule has 0 saturated heterocycles. The molecule has 2 heteroatoms. The van der Waals surface area contributed by atoms with E-state index in [1.165, 1.54) is 33.4 Å². The predicted molar refractivity (Wildman–Crippen MR) is 85.6 cm³/mol. The smallest absolute Gasteiger partial charge is 0.0500 e. The Bertz CT molecular complexity index is 582. The van der Waals surface area contributed by atoms with Gasteiger partial charge in [0.15, 0.2) is 0 Å². The minimum Gasteiger partial charge on any atom is -0.271 e. The highest BCUT2D eigenvalue weighted by Crippen LogP contribution is 2.21. The van der Waals surface area contributed by atoms with Crippen LogP contribution in [0, 0.1) is 27.7 Å². The number of rotatable bonds is 4. The molecule has 0 aliphatic heterocycles. The van der Waals surface area contributed by atoms with Crippen LogP contribution in [0.1, 0.15) is 39.4 Å². The second-order valence-corrected chi connectivity index (χ2v) is 5.76. The number of nitrogens with one attached hydrogen (secondary N) is 1. The van der Waals surface area contributed by atoms with E-state index < -0.39 is 0 Å². The summed E-state index contributed by atoms with van der Waals surface area (Å²) < 4.78 is 0. The zero-order valence-electron chi connectivity index (χ0n) is 12.8. The molecule has 2 aromatic rings. The van der Waals surface area contributed by atoms with Crippen LogP contribution in [0.25, 0.3) is 0 Å². The van der Waals surface area contributed by atoms with Crippen LogP contribution in [0.5, 0.6) is 0 Å². The number of hydrazine groups is 1. The fraction of sp³-hybridized carbons (Fsp3) is 0.333. The van der Waals surface area contributed by atoms with Crippen molar-refractivity contribution in [1.82, 2.24) is 5.43 Å². The van der Waals surface area contributed by atoms with E-state index in [2.05, 4.69) is 69.5 Å². The van der Waals surface area contributed by atoms with E-state index in [0.717, 1.165) is 6.42 Å². The minimum absolute atomic E-state index is 0.149. The molecule has 106 valence electrons. The highest BCUT2D eigenvalue weighted by molar-refractivity contribution is 5.34. The summed E-state index contributed by atoms with van der Waals surface area (Å²) in [4.78, 5) is 0. The molecular weight excluding hydrogens is 244 g/mol. The normalized spacial score (nSPS) is 12.4. The highest BCUT2D eigenvalue weighted by Gasteiger charge is 2.12. The zero-order chi connectivity index (χ0) is 14.7. The molecule has 20 heavy (non-hydrogen) atoms. The van der Waals surface area contributed by atoms with E-state index in [4.69, 9.17) is 5.84 Å². The first-order valence-corrected chi connectivity index (χ1v) is 7.10. The first-order valence-electron chi connectivity index (χ1n) is 7.10. The van der Waals surface area contributed by atoms with Crippen molar-refractivity contribution in [2.24, 2.45) is 5.84 Å². The third-order valence-corrected chi connectivity index (χ3v) is 3.86. The Morgan fingerprint density at radius 2 is 1.55 bits per heavy atom. The lowest BCUT2D eigenvalue weighted by atomic mass is 9.95. The Balaban J connectivity index is 2.26. The molecule has 0 aliphatic rings. The number of hydrogen-bond acceptors (Lipinski definition) is 2. The van der Waals surface area contributed by atoms with Gasteiger partial charge in [0.1, 0.15) is 0 Å². The van der Waals surface area contributed by atoms with Gasteiger partial charge >= 0.3 is 0 Å². The summed E-state index contributed by atoms with van der Waals surface area (Å²) in [6.45, 7) is 8.54. The van der Waals surface area contributed by atoms with Crippen LogP contribution in [-0.2, 0) is 6.42 Å². The minimum atomic E-state index is 0.149. The van der Waals surface area contributed by atoms with Gasteiger partial charge in [-0.15, -0.1) is 0 Å². The second kappa shape index (κ2) is 6.21. The molecule has 2 rings (SSSR count). The van der Waals surface area contributed by atoms with E-state index >= 15 is 0 Å².